The van der Waals surface area contributed by atoms with Gasteiger partial charge in [0.2, 0.25) is 0 Å². The van der Waals surface area contributed by atoms with Crippen LogP contribution in [0.15, 0.2) is 65.8 Å². The predicted molar refractivity (Wildman–Crippen MR) is 97.3 cm³/mol. The van der Waals surface area contributed by atoms with Gasteiger partial charge in [0.15, 0.2) is 0 Å². The normalized spacial score (nSPS) is 13.4. The zero-order valence-corrected chi connectivity index (χ0v) is 14.9. The fourth-order valence-electron chi connectivity index (χ4n) is 2.02. The quantitative estimate of drug-likeness (QED) is 0.399. The van der Waals surface area contributed by atoms with Crippen molar-refractivity contribution in [3.63, 3.8) is 0 Å². The molecule has 124 valence electrons. The maximum absolute atomic E-state index is 11.9. The summed E-state index contributed by atoms with van der Waals surface area (Å²) in [4.78, 5) is 11.9. The summed E-state index contributed by atoms with van der Waals surface area (Å²) in [5.41, 5.74) is 2.54. The smallest absolute Gasteiger partial charge is 0.334 e. The van der Waals surface area contributed by atoms with Crippen LogP contribution in [0.1, 0.15) is 46.6 Å². The van der Waals surface area contributed by atoms with E-state index in [2.05, 4.69) is 30.3 Å². The van der Waals surface area contributed by atoms with E-state index in [1.54, 1.807) is 6.92 Å². The van der Waals surface area contributed by atoms with Crippen molar-refractivity contribution < 1.29 is 9.53 Å². The molecule has 0 aliphatic carbocycles. The average Bonchev–Trinajstić information content (AvgIpc) is 2.46. The zero-order valence-electron chi connectivity index (χ0n) is 14.9. The molecule has 1 aromatic rings. The first-order chi connectivity index (χ1) is 10.8. The Morgan fingerprint density at radius 2 is 1.78 bits per heavy atom. The number of hydrogen-bond acceptors (Lipinski definition) is 2. The Bertz CT molecular complexity index is 584. The van der Waals surface area contributed by atoms with Crippen LogP contribution < -0.4 is 0 Å². The van der Waals surface area contributed by atoms with Crippen molar-refractivity contribution in [2.45, 2.75) is 53.1 Å². The lowest BCUT2D eigenvalue weighted by molar-refractivity contribution is -0.149. The van der Waals surface area contributed by atoms with Crippen LogP contribution in [0.4, 0.5) is 0 Å². The molecule has 0 radical (unpaired) electrons. The summed E-state index contributed by atoms with van der Waals surface area (Å²) in [6.07, 6.45) is 10.1. The molecule has 0 bridgehead atoms. The first-order valence-corrected chi connectivity index (χ1v) is 8.07. The van der Waals surface area contributed by atoms with E-state index in [-0.39, 0.29) is 5.97 Å². The molecule has 0 saturated carbocycles. The standard InChI is InChI=1S/C21H28O2/c1-17(16-18(2)20(22)23-21(3,4)5)12-8-6-9-13-19-14-10-7-11-15-19/h6-8,10-12,14-16H,9,13H2,1-5H3/b8-6+,17-12+,18-16+. The Hall–Kier alpha value is -2.09. The topological polar surface area (TPSA) is 26.3 Å². The van der Waals surface area contributed by atoms with Gasteiger partial charge in [-0.3, -0.25) is 0 Å². The van der Waals surface area contributed by atoms with Crippen molar-refractivity contribution in [1.82, 2.24) is 0 Å². The minimum absolute atomic E-state index is 0.265. The molecule has 0 heterocycles. The van der Waals surface area contributed by atoms with Crippen LogP contribution in [0.25, 0.3) is 0 Å². The lowest BCUT2D eigenvalue weighted by atomic mass is 10.1. The molecular formula is C21H28O2. The lowest BCUT2D eigenvalue weighted by Crippen LogP contribution is -2.24. The number of benzene rings is 1. The van der Waals surface area contributed by atoms with Crippen molar-refractivity contribution in [2.75, 3.05) is 0 Å². The fourth-order valence-corrected chi connectivity index (χ4v) is 2.02. The average molecular weight is 312 g/mol. The van der Waals surface area contributed by atoms with E-state index < -0.39 is 5.60 Å². The second kappa shape index (κ2) is 9.14. The minimum atomic E-state index is -0.457. The molecule has 0 aliphatic rings. The van der Waals surface area contributed by atoms with Gasteiger partial charge in [0, 0.05) is 5.57 Å². The number of ether oxygens (including phenoxy) is 1. The molecule has 0 unspecified atom stereocenters. The third-order valence-corrected chi connectivity index (χ3v) is 3.10. The number of rotatable bonds is 6. The van der Waals surface area contributed by atoms with Crippen molar-refractivity contribution in [1.29, 1.82) is 0 Å². The van der Waals surface area contributed by atoms with Crippen LogP contribution in [0.3, 0.4) is 0 Å². The molecule has 23 heavy (non-hydrogen) atoms. The van der Waals surface area contributed by atoms with E-state index in [0.717, 1.165) is 18.4 Å². The van der Waals surface area contributed by atoms with Crippen molar-refractivity contribution in [3.05, 3.63) is 71.3 Å². The molecule has 1 rings (SSSR count). The third-order valence-electron chi connectivity index (χ3n) is 3.10. The number of carbonyl (C=O) groups is 1. The maximum atomic E-state index is 11.9. The largest absolute Gasteiger partial charge is 0.457 e. The summed E-state index contributed by atoms with van der Waals surface area (Å²) >= 11 is 0. The summed E-state index contributed by atoms with van der Waals surface area (Å²) in [5, 5.41) is 0. The van der Waals surface area contributed by atoms with E-state index in [9.17, 15) is 4.79 Å². The SMILES string of the molecule is CC(=C\C=C\CCc1ccccc1)/C=C(\C)C(=O)OC(C)(C)C. The van der Waals surface area contributed by atoms with Gasteiger partial charge in [0.05, 0.1) is 0 Å². The van der Waals surface area contributed by atoms with Gasteiger partial charge in [-0.05, 0) is 59.1 Å². The molecule has 0 aromatic heterocycles. The van der Waals surface area contributed by atoms with Gasteiger partial charge < -0.3 is 4.74 Å². The Balaban J connectivity index is 2.48. The summed E-state index contributed by atoms with van der Waals surface area (Å²) in [6.45, 7) is 9.38. The molecule has 1 aromatic carbocycles. The second-order valence-electron chi connectivity index (χ2n) is 6.69. The van der Waals surface area contributed by atoms with Crippen LogP contribution >= 0.6 is 0 Å². The van der Waals surface area contributed by atoms with Crippen LogP contribution in [-0.2, 0) is 16.0 Å². The van der Waals surface area contributed by atoms with Gasteiger partial charge >= 0.3 is 5.97 Å². The molecule has 0 saturated heterocycles. The molecular weight excluding hydrogens is 284 g/mol. The first-order valence-electron chi connectivity index (χ1n) is 8.07. The zero-order chi connectivity index (χ0) is 17.3. The highest BCUT2D eigenvalue weighted by molar-refractivity contribution is 5.88. The van der Waals surface area contributed by atoms with Crippen LogP contribution in [-0.4, -0.2) is 11.6 Å². The van der Waals surface area contributed by atoms with Gasteiger partial charge in [-0.25, -0.2) is 4.79 Å². The van der Waals surface area contributed by atoms with E-state index in [1.807, 2.05) is 52.0 Å². The van der Waals surface area contributed by atoms with E-state index in [0.29, 0.717) is 5.57 Å². The van der Waals surface area contributed by atoms with E-state index in [4.69, 9.17) is 4.74 Å². The molecule has 0 fully saturated rings. The summed E-state index contributed by atoms with van der Waals surface area (Å²) < 4.78 is 5.34. The van der Waals surface area contributed by atoms with Gasteiger partial charge in [0.1, 0.15) is 5.60 Å². The molecule has 0 atom stereocenters. The minimum Gasteiger partial charge on any atom is -0.457 e. The number of carbonyl (C=O) groups excluding carboxylic acids is 1. The monoisotopic (exact) mass is 312 g/mol. The van der Waals surface area contributed by atoms with Gasteiger partial charge in [0.25, 0.3) is 0 Å². The Labute approximate surface area is 140 Å². The number of hydrogen-bond donors (Lipinski definition) is 0. The molecule has 0 N–H and O–H groups in total. The summed E-state index contributed by atoms with van der Waals surface area (Å²) in [7, 11) is 0. The predicted octanol–water partition coefficient (Wildman–Crippen LogP) is 5.41. The molecule has 0 spiro atoms. The molecule has 2 heteroatoms. The van der Waals surface area contributed by atoms with Gasteiger partial charge in [-0.15, -0.1) is 0 Å². The van der Waals surface area contributed by atoms with E-state index >= 15 is 0 Å². The molecule has 0 amide bonds. The Morgan fingerprint density at radius 1 is 1.13 bits per heavy atom. The Kier molecular flexibility index (Phi) is 7.53. The number of esters is 1. The maximum Gasteiger partial charge on any atom is 0.334 e. The lowest BCUT2D eigenvalue weighted by Gasteiger charge is -2.19. The highest BCUT2D eigenvalue weighted by Crippen LogP contribution is 2.12. The molecule has 2 nitrogen and oxygen atoms in total. The first kappa shape index (κ1) is 19.0. The van der Waals surface area contributed by atoms with Gasteiger partial charge in [-0.1, -0.05) is 54.1 Å². The van der Waals surface area contributed by atoms with Crippen LogP contribution in [0, 0.1) is 0 Å². The Morgan fingerprint density at radius 3 is 2.39 bits per heavy atom. The van der Waals surface area contributed by atoms with E-state index in [1.165, 1.54) is 5.56 Å². The highest BCUT2D eigenvalue weighted by Gasteiger charge is 2.17. The van der Waals surface area contributed by atoms with Crippen molar-refractivity contribution in [2.24, 2.45) is 0 Å². The van der Waals surface area contributed by atoms with Gasteiger partial charge in [-0.2, -0.15) is 0 Å². The third kappa shape index (κ3) is 8.82. The second-order valence-corrected chi connectivity index (χ2v) is 6.69. The number of allylic oxidation sites excluding steroid dienone is 5. The fraction of sp³-hybridized carbons (Fsp3) is 0.381. The summed E-state index contributed by atoms with van der Waals surface area (Å²) in [5.74, 6) is -0.265. The highest BCUT2D eigenvalue weighted by atomic mass is 16.6. The van der Waals surface area contributed by atoms with Crippen molar-refractivity contribution >= 4 is 5.97 Å². The number of aryl methyl sites for hydroxylation is 1. The van der Waals surface area contributed by atoms with Crippen LogP contribution in [0.5, 0.6) is 0 Å². The van der Waals surface area contributed by atoms with Crippen LogP contribution in [0.2, 0.25) is 0 Å². The summed E-state index contributed by atoms with van der Waals surface area (Å²) in [6, 6.07) is 10.4. The molecule has 0 aliphatic heterocycles. The van der Waals surface area contributed by atoms with Crippen molar-refractivity contribution in [3.8, 4) is 0 Å².